The summed E-state index contributed by atoms with van der Waals surface area (Å²) in [6.07, 6.45) is 6.58. The van der Waals surface area contributed by atoms with Gasteiger partial charge in [0.15, 0.2) is 5.82 Å². The number of likely N-dealkylation sites (N-methyl/N-ethyl adjacent to an activating group) is 1. The number of para-hydroxylation sites is 1. The molecule has 2 heterocycles. The molecule has 0 spiro atoms. The Bertz CT molecular complexity index is 1220. The largest absolute Gasteiger partial charge is 0.492 e. The van der Waals surface area contributed by atoms with Gasteiger partial charge in [0.2, 0.25) is 5.95 Å². The summed E-state index contributed by atoms with van der Waals surface area (Å²) in [6, 6.07) is 15.6. The molecule has 0 unspecified atom stereocenters. The molecule has 1 atom stereocenters. The monoisotopic (exact) mass is 535 g/mol. The van der Waals surface area contributed by atoms with E-state index >= 15 is 0 Å². The van der Waals surface area contributed by atoms with Crippen molar-refractivity contribution >= 4 is 40.4 Å². The van der Waals surface area contributed by atoms with E-state index in [2.05, 4.69) is 62.3 Å². The minimum atomic E-state index is 0.448. The molecule has 3 aromatic rings. The lowest BCUT2D eigenvalue weighted by Gasteiger charge is -2.27. The molecular weight excluding hydrogens is 498 g/mol. The molecule has 9 heteroatoms. The molecule has 2 aliphatic rings. The lowest BCUT2D eigenvalue weighted by atomic mass is 9.93. The van der Waals surface area contributed by atoms with Crippen molar-refractivity contribution in [2.24, 2.45) is 0 Å². The number of benzene rings is 2. The third kappa shape index (κ3) is 6.49. The average Bonchev–Trinajstić information content (AvgIpc) is 3.36. The standard InChI is InChI=1S/C29H38ClN7O/c1-3-31-22-14-15-37(19-22)23-12-13-26(27(16-23)38-4-2)35-29-33-18-24(30)28(36-29)34-25-11-6-5-8-20(25)17-32-21-9-7-10-21/h5-6,8,11-13,16,18,21-22,31-32H,3-4,7,9-10,14-15,17,19H2,1-2H3,(H2,33,34,35,36)/t22-/m1/s1. The fourth-order valence-corrected chi connectivity index (χ4v) is 5.10. The van der Waals surface area contributed by atoms with E-state index < -0.39 is 0 Å². The van der Waals surface area contributed by atoms with E-state index in [1.165, 1.54) is 24.8 Å². The maximum absolute atomic E-state index is 6.50. The molecule has 5 rings (SSSR count). The van der Waals surface area contributed by atoms with Gasteiger partial charge in [-0.05, 0) is 56.5 Å². The van der Waals surface area contributed by atoms with Crippen molar-refractivity contribution in [1.82, 2.24) is 20.6 Å². The van der Waals surface area contributed by atoms with Gasteiger partial charge in [0.05, 0.1) is 18.5 Å². The molecular formula is C29H38ClN7O. The van der Waals surface area contributed by atoms with E-state index in [1.807, 2.05) is 25.1 Å². The summed E-state index contributed by atoms with van der Waals surface area (Å²) >= 11 is 6.50. The van der Waals surface area contributed by atoms with E-state index in [1.54, 1.807) is 6.20 Å². The van der Waals surface area contributed by atoms with Gasteiger partial charge in [0.1, 0.15) is 10.8 Å². The molecule has 1 aromatic heterocycles. The second-order valence-corrected chi connectivity index (χ2v) is 10.3. The topological polar surface area (TPSA) is 86.4 Å². The lowest BCUT2D eigenvalue weighted by Crippen LogP contribution is -2.34. The summed E-state index contributed by atoms with van der Waals surface area (Å²) in [4.78, 5) is 11.5. The van der Waals surface area contributed by atoms with Crippen LogP contribution < -0.4 is 30.9 Å². The van der Waals surface area contributed by atoms with Crippen LogP contribution in [0.2, 0.25) is 5.02 Å². The Morgan fingerprint density at radius 2 is 1.87 bits per heavy atom. The van der Waals surface area contributed by atoms with E-state index in [0.717, 1.165) is 55.4 Å². The summed E-state index contributed by atoms with van der Waals surface area (Å²) in [7, 11) is 0. The Kier molecular flexibility index (Phi) is 8.83. The van der Waals surface area contributed by atoms with E-state index in [0.29, 0.717) is 35.5 Å². The van der Waals surface area contributed by atoms with Crippen molar-refractivity contribution in [1.29, 1.82) is 0 Å². The van der Waals surface area contributed by atoms with E-state index in [9.17, 15) is 0 Å². The molecule has 38 heavy (non-hydrogen) atoms. The molecule has 0 radical (unpaired) electrons. The van der Waals surface area contributed by atoms with Crippen LogP contribution in [0.3, 0.4) is 0 Å². The molecule has 202 valence electrons. The van der Waals surface area contributed by atoms with Gasteiger partial charge in [-0.25, -0.2) is 4.98 Å². The normalized spacial score (nSPS) is 17.3. The van der Waals surface area contributed by atoms with Crippen LogP contribution in [0.4, 0.5) is 28.8 Å². The summed E-state index contributed by atoms with van der Waals surface area (Å²) in [5.41, 5.74) is 4.13. The summed E-state index contributed by atoms with van der Waals surface area (Å²) in [5, 5.41) is 14.4. The second kappa shape index (κ2) is 12.7. The number of hydrogen-bond acceptors (Lipinski definition) is 8. The Labute approximate surface area is 230 Å². The van der Waals surface area contributed by atoms with Crippen molar-refractivity contribution in [3.8, 4) is 5.75 Å². The molecule has 1 aliphatic carbocycles. The first-order chi connectivity index (χ1) is 18.6. The number of aromatic nitrogens is 2. The molecule has 4 N–H and O–H groups in total. The van der Waals surface area contributed by atoms with Gasteiger partial charge in [-0.3, -0.25) is 0 Å². The fraction of sp³-hybridized carbons (Fsp3) is 0.448. The predicted octanol–water partition coefficient (Wildman–Crippen LogP) is 5.85. The highest BCUT2D eigenvalue weighted by atomic mass is 35.5. The average molecular weight is 536 g/mol. The van der Waals surface area contributed by atoms with Crippen LogP contribution >= 0.6 is 11.6 Å². The fourth-order valence-electron chi connectivity index (χ4n) is 4.96. The highest BCUT2D eigenvalue weighted by molar-refractivity contribution is 6.32. The summed E-state index contributed by atoms with van der Waals surface area (Å²) < 4.78 is 6.00. The third-order valence-electron chi connectivity index (χ3n) is 7.26. The van der Waals surface area contributed by atoms with E-state index in [-0.39, 0.29) is 0 Å². The third-order valence-corrected chi connectivity index (χ3v) is 7.54. The molecule has 2 fully saturated rings. The summed E-state index contributed by atoms with van der Waals surface area (Å²) in [5.74, 6) is 1.78. The maximum Gasteiger partial charge on any atom is 0.229 e. The SMILES string of the molecule is CCN[C@@H]1CCN(c2ccc(Nc3ncc(Cl)c(Nc4ccccc4CNC4CCC4)n3)c(OCC)c2)C1. The quantitative estimate of drug-likeness (QED) is 0.230. The van der Waals surface area contributed by atoms with Gasteiger partial charge in [0, 0.05) is 49.2 Å². The molecule has 1 aliphatic heterocycles. The number of anilines is 5. The Morgan fingerprint density at radius 3 is 2.66 bits per heavy atom. The first kappa shape index (κ1) is 26.5. The molecule has 2 aromatic carbocycles. The van der Waals surface area contributed by atoms with Crippen LogP contribution in [-0.4, -0.2) is 48.3 Å². The minimum absolute atomic E-state index is 0.448. The van der Waals surface area contributed by atoms with Crippen molar-refractivity contribution in [2.45, 2.75) is 58.2 Å². The molecule has 0 bridgehead atoms. The van der Waals surface area contributed by atoms with Crippen molar-refractivity contribution in [2.75, 3.05) is 41.8 Å². The van der Waals surface area contributed by atoms with Crippen LogP contribution in [0.5, 0.6) is 5.75 Å². The zero-order valence-corrected chi connectivity index (χ0v) is 23.0. The zero-order valence-electron chi connectivity index (χ0n) is 22.3. The number of rotatable bonds is 12. The van der Waals surface area contributed by atoms with E-state index in [4.69, 9.17) is 21.3 Å². The second-order valence-electron chi connectivity index (χ2n) is 9.91. The van der Waals surface area contributed by atoms with Crippen molar-refractivity contribution < 1.29 is 4.74 Å². The van der Waals surface area contributed by atoms with Crippen LogP contribution in [-0.2, 0) is 6.54 Å². The predicted molar refractivity (Wildman–Crippen MR) is 156 cm³/mol. The lowest BCUT2D eigenvalue weighted by molar-refractivity contribution is 0.338. The first-order valence-electron chi connectivity index (χ1n) is 13.8. The minimum Gasteiger partial charge on any atom is -0.492 e. The molecule has 0 amide bonds. The van der Waals surface area contributed by atoms with Crippen molar-refractivity contribution in [3.63, 3.8) is 0 Å². The van der Waals surface area contributed by atoms with Crippen LogP contribution in [0, 0.1) is 0 Å². The Hall–Kier alpha value is -3.07. The number of hydrogen-bond donors (Lipinski definition) is 4. The number of nitrogens with zero attached hydrogens (tertiary/aromatic N) is 3. The molecule has 1 saturated heterocycles. The van der Waals surface area contributed by atoms with Gasteiger partial charge in [0.25, 0.3) is 0 Å². The zero-order chi connectivity index (χ0) is 26.3. The Morgan fingerprint density at radius 1 is 1.00 bits per heavy atom. The molecule has 8 nitrogen and oxygen atoms in total. The first-order valence-corrected chi connectivity index (χ1v) is 14.1. The summed E-state index contributed by atoms with van der Waals surface area (Å²) in [6.45, 7) is 8.54. The van der Waals surface area contributed by atoms with Gasteiger partial charge in [-0.15, -0.1) is 0 Å². The maximum atomic E-state index is 6.50. The molecule has 1 saturated carbocycles. The number of ether oxygens (including phenoxy) is 1. The highest BCUT2D eigenvalue weighted by Crippen LogP contribution is 2.34. The van der Waals surface area contributed by atoms with Gasteiger partial charge in [-0.2, -0.15) is 4.98 Å². The van der Waals surface area contributed by atoms with Gasteiger partial charge in [-0.1, -0.05) is 43.1 Å². The van der Waals surface area contributed by atoms with Crippen molar-refractivity contribution in [3.05, 3.63) is 59.2 Å². The van der Waals surface area contributed by atoms with Crippen LogP contribution in [0.1, 0.15) is 45.1 Å². The van der Waals surface area contributed by atoms with Crippen LogP contribution in [0.15, 0.2) is 48.7 Å². The number of nitrogens with one attached hydrogen (secondary N) is 4. The van der Waals surface area contributed by atoms with Crippen LogP contribution in [0.25, 0.3) is 0 Å². The highest BCUT2D eigenvalue weighted by Gasteiger charge is 2.23. The number of halogens is 1. The Balaban J connectivity index is 1.31. The van der Waals surface area contributed by atoms with Gasteiger partial charge < -0.3 is 30.9 Å². The van der Waals surface area contributed by atoms with Gasteiger partial charge >= 0.3 is 0 Å². The smallest absolute Gasteiger partial charge is 0.229 e.